The molecule has 2 aromatic rings. The monoisotopic (exact) mass is 340 g/mol. The number of ether oxygens (including phenoxy) is 3. The highest BCUT2D eigenvalue weighted by atomic mass is 16.5. The predicted octanol–water partition coefficient (Wildman–Crippen LogP) is 4.49. The van der Waals surface area contributed by atoms with Gasteiger partial charge in [-0.25, -0.2) is 0 Å². The molecule has 4 heteroatoms. The van der Waals surface area contributed by atoms with Crippen LogP contribution in [0.1, 0.15) is 30.4 Å². The second kappa shape index (κ2) is 8.92. The second-order valence-corrected chi connectivity index (χ2v) is 5.73. The Morgan fingerprint density at radius 3 is 2.08 bits per heavy atom. The smallest absolute Gasteiger partial charge is 0.130 e. The SMILES string of the molecule is COc1cc(OC)c([C@H](/C=C/c2ccccc2)CC(C)=O)c(OC)c1. The van der Waals surface area contributed by atoms with E-state index in [1.165, 1.54) is 0 Å². The first kappa shape index (κ1) is 18.6. The van der Waals surface area contributed by atoms with Crippen LogP contribution in [0.4, 0.5) is 0 Å². The lowest BCUT2D eigenvalue weighted by molar-refractivity contribution is -0.117. The molecule has 0 bridgehead atoms. The molecule has 0 aliphatic heterocycles. The molecule has 0 aliphatic rings. The summed E-state index contributed by atoms with van der Waals surface area (Å²) in [4.78, 5) is 11.8. The molecule has 0 saturated carbocycles. The maximum absolute atomic E-state index is 11.8. The number of carbonyl (C=O) groups excluding carboxylic acids is 1. The molecular formula is C21H24O4. The van der Waals surface area contributed by atoms with Crippen LogP contribution in [0.5, 0.6) is 17.2 Å². The molecule has 2 aromatic carbocycles. The van der Waals surface area contributed by atoms with Gasteiger partial charge in [-0.2, -0.15) is 0 Å². The summed E-state index contributed by atoms with van der Waals surface area (Å²) in [6.07, 6.45) is 4.39. The first-order chi connectivity index (χ1) is 12.1. The fourth-order valence-electron chi connectivity index (χ4n) is 2.77. The molecule has 0 unspecified atom stereocenters. The highest BCUT2D eigenvalue weighted by molar-refractivity contribution is 5.77. The summed E-state index contributed by atoms with van der Waals surface area (Å²) in [6, 6.07) is 13.6. The first-order valence-corrected chi connectivity index (χ1v) is 8.11. The third kappa shape index (κ3) is 4.86. The minimum Gasteiger partial charge on any atom is -0.496 e. The Bertz CT molecular complexity index is 710. The van der Waals surface area contributed by atoms with Crippen molar-refractivity contribution in [2.24, 2.45) is 0 Å². The van der Waals surface area contributed by atoms with Crippen LogP contribution >= 0.6 is 0 Å². The third-order valence-electron chi connectivity index (χ3n) is 3.95. The fourth-order valence-corrected chi connectivity index (χ4v) is 2.77. The number of Topliss-reactive ketones (excluding diaryl/α,β-unsaturated/α-hetero) is 1. The fraction of sp³-hybridized carbons (Fsp3) is 0.286. The summed E-state index contributed by atoms with van der Waals surface area (Å²) in [5.41, 5.74) is 1.91. The maximum atomic E-state index is 11.8. The molecule has 0 saturated heterocycles. The molecule has 0 aliphatic carbocycles. The number of hydrogen-bond donors (Lipinski definition) is 0. The van der Waals surface area contributed by atoms with Gasteiger partial charge < -0.3 is 14.2 Å². The average molecular weight is 340 g/mol. The number of carbonyl (C=O) groups is 1. The molecule has 132 valence electrons. The van der Waals surface area contributed by atoms with Gasteiger partial charge in [0.15, 0.2) is 0 Å². The van der Waals surface area contributed by atoms with Crippen molar-refractivity contribution < 1.29 is 19.0 Å². The molecule has 0 aromatic heterocycles. The molecule has 0 heterocycles. The summed E-state index contributed by atoms with van der Waals surface area (Å²) in [5, 5.41) is 0. The summed E-state index contributed by atoms with van der Waals surface area (Å²) in [5.74, 6) is 1.86. The molecule has 1 atom stereocenters. The summed E-state index contributed by atoms with van der Waals surface area (Å²) in [6.45, 7) is 1.59. The van der Waals surface area contributed by atoms with Crippen molar-refractivity contribution >= 4 is 11.9 Å². The van der Waals surface area contributed by atoms with Crippen molar-refractivity contribution in [2.75, 3.05) is 21.3 Å². The van der Waals surface area contributed by atoms with Crippen LogP contribution in [-0.2, 0) is 4.79 Å². The zero-order valence-corrected chi connectivity index (χ0v) is 15.1. The Labute approximate surface area is 149 Å². The van der Waals surface area contributed by atoms with E-state index in [0.717, 1.165) is 11.1 Å². The maximum Gasteiger partial charge on any atom is 0.130 e. The van der Waals surface area contributed by atoms with Gasteiger partial charge in [-0.1, -0.05) is 42.5 Å². The molecule has 0 radical (unpaired) electrons. The second-order valence-electron chi connectivity index (χ2n) is 5.73. The summed E-state index contributed by atoms with van der Waals surface area (Å²) < 4.78 is 16.4. The highest BCUT2D eigenvalue weighted by Gasteiger charge is 2.22. The van der Waals surface area contributed by atoms with E-state index in [9.17, 15) is 4.79 Å². The minimum absolute atomic E-state index is 0.0997. The van der Waals surface area contributed by atoms with Crippen LogP contribution in [0.2, 0.25) is 0 Å². The van der Waals surface area contributed by atoms with Gasteiger partial charge in [-0.05, 0) is 12.5 Å². The Morgan fingerprint density at radius 1 is 1.00 bits per heavy atom. The Morgan fingerprint density at radius 2 is 1.60 bits per heavy atom. The number of benzene rings is 2. The zero-order chi connectivity index (χ0) is 18.2. The van der Waals surface area contributed by atoms with Gasteiger partial charge in [0.1, 0.15) is 23.0 Å². The number of hydrogen-bond acceptors (Lipinski definition) is 4. The van der Waals surface area contributed by atoms with E-state index in [1.807, 2.05) is 42.5 Å². The Hall–Kier alpha value is -2.75. The van der Waals surface area contributed by atoms with Crippen LogP contribution in [0.25, 0.3) is 6.08 Å². The molecule has 0 fully saturated rings. The normalized spacial score (nSPS) is 12.0. The minimum atomic E-state index is -0.159. The quantitative estimate of drug-likeness (QED) is 0.710. The lowest BCUT2D eigenvalue weighted by Gasteiger charge is -2.20. The number of rotatable bonds is 8. The topological polar surface area (TPSA) is 44.8 Å². The van der Waals surface area contributed by atoms with E-state index in [4.69, 9.17) is 14.2 Å². The summed E-state index contributed by atoms with van der Waals surface area (Å²) >= 11 is 0. The average Bonchev–Trinajstić information content (AvgIpc) is 2.64. The van der Waals surface area contributed by atoms with Gasteiger partial charge in [-0.15, -0.1) is 0 Å². The largest absolute Gasteiger partial charge is 0.496 e. The van der Waals surface area contributed by atoms with Gasteiger partial charge in [0.2, 0.25) is 0 Å². The molecule has 0 N–H and O–H groups in total. The molecule has 25 heavy (non-hydrogen) atoms. The van der Waals surface area contributed by atoms with E-state index in [1.54, 1.807) is 40.4 Å². The molecule has 2 rings (SSSR count). The van der Waals surface area contributed by atoms with Crippen LogP contribution in [0.3, 0.4) is 0 Å². The van der Waals surface area contributed by atoms with E-state index in [2.05, 4.69) is 0 Å². The Kier molecular flexibility index (Phi) is 6.63. The van der Waals surface area contributed by atoms with Crippen LogP contribution < -0.4 is 14.2 Å². The zero-order valence-electron chi connectivity index (χ0n) is 15.1. The lowest BCUT2D eigenvalue weighted by Crippen LogP contribution is -2.06. The van der Waals surface area contributed by atoms with Crippen molar-refractivity contribution in [1.29, 1.82) is 0 Å². The van der Waals surface area contributed by atoms with Crippen LogP contribution in [-0.4, -0.2) is 27.1 Å². The molecule has 0 spiro atoms. The van der Waals surface area contributed by atoms with Crippen LogP contribution in [0, 0.1) is 0 Å². The Balaban J connectivity index is 2.50. The number of allylic oxidation sites excluding steroid dienone is 1. The van der Waals surface area contributed by atoms with Gasteiger partial charge in [0.05, 0.1) is 21.3 Å². The van der Waals surface area contributed by atoms with Crippen molar-refractivity contribution in [2.45, 2.75) is 19.3 Å². The van der Waals surface area contributed by atoms with Gasteiger partial charge in [0, 0.05) is 30.0 Å². The van der Waals surface area contributed by atoms with Crippen molar-refractivity contribution in [3.05, 3.63) is 59.7 Å². The number of ketones is 1. The van der Waals surface area contributed by atoms with Gasteiger partial charge in [-0.3, -0.25) is 4.79 Å². The first-order valence-electron chi connectivity index (χ1n) is 8.11. The lowest BCUT2D eigenvalue weighted by atomic mass is 9.91. The standard InChI is InChI=1S/C21H24O4/c1-15(22)12-17(11-10-16-8-6-5-7-9-16)21-19(24-3)13-18(23-2)14-20(21)25-4/h5-11,13-14,17H,12H2,1-4H3/b11-10+/t17-/m1/s1. The summed E-state index contributed by atoms with van der Waals surface area (Å²) in [7, 11) is 4.79. The molecular weight excluding hydrogens is 316 g/mol. The van der Waals surface area contributed by atoms with Gasteiger partial charge >= 0.3 is 0 Å². The van der Waals surface area contributed by atoms with Crippen LogP contribution in [0.15, 0.2) is 48.5 Å². The van der Waals surface area contributed by atoms with E-state index >= 15 is 0 Å². The van der Waals surface area contributed by atoms with E-state index < -0.39 is 0 Å². The number of methoxy groups -OCH3 is 3. The van der Waals surface area contributed by atoms with E-state index in [0.29, 0.717) is 23.7 Å². The molecule has 0 amide bonds. The van der Waals surface area contributed by atoms with Crippen molar-refractivity contribution in [3.63, 3.8) is 0 Å². The molecule has 4 nitrogen and oxygen atoms in total. The van der Waals surface area contributed by atoms with Gasteiger partial charge in [0.25, 0.3) is 0 Å². The van der Waals surface area contributed by atoms with Crippen molar-refractivity contribution in [3.8, 4) is 17.2 Å². The predicted molar refractivity (Wildman–Crippen MR) is 99.6 cm³/mol. The van der Waals surface area contributed by atoms with E-state index in [-0.39, 0.29) is 11.7 Å². The van der Waals surface area contributed by atoms with Crippen molar-refractivity contribution in [1.82, 2.24) is 0 Å². The highest BCUT2D eigenvalue weighted by Crippen LogP contribution is 2.41. The third-order valence-corrected chi connectivity index (χ3v) is 3.95.